The second kappa shape index (κ2) is 5.48. The number of phosphoric ester groups is 1. The number of nitrogens with zero attached hydrogens (tertiary/aromatic N) is 2. The Kier molecular flexibility index (Phi) is 4.16. The maximum Gasteiger partial charge on any atom is 0.469 e. The third-order valence-corrected chi connectivity index (χ3v) is 3.18. The van der Waals surface area contributed by atoms with Crippen LogP contribution in [-0.4, -0.2) is 57.7 Å². The fourth-order valence-corrected chi connectivity index (χ4v) is 2.17. The number of rotatable bonds is 4. The van der Waals surface area contributed by atoms with Gasteiger partial charge in [0.25, 0.3) is 0 Å². The summed E-state index contributed by atoms with van der Waals surface area (Å²) >= 11 is 0. The Bertz CT molecular complexity index is 395. The van der Waals surface area contributed by atoms with Gasteiger partial charge in [-0.05, 0) is 6.08 Å². The van der Waals surface area contributed by atoms with Crippen molar-refractivity contribution in [1.29, 1.82) is 0 Å². The molecule has 102 valence electrons. The van der Waals surface area contributed by atoms with Crippen molar-refractivity contribution in [3.8, 4) is 0 Å². The minimum atomic E-state index is -4.54. The van der Waals surface area contributed by atoms with Gasteiger partial charge in [0.15, 0.2) is 0 Å². The van der Waals surface area contributed by atoms with E-state index < -0.39 is 20.0 Å². The highest BCUT2D eigenvalue weighted by Crippen LogP contribution is 2.37. The quantitative estimate of drug-likeness (QED) is 0.590. The molecule has 9 heteroatoms. The lowest BCUT2D eigenvalue weighted by atomic mass is 10.2. The summed E-state index contributed by atoms with van der Waals surface area (Å²) in [6, 6.07) is 0. The van der Waals surface area contributed by atoms with Crippen LogP contribution in [0.3, 0.4) is 0 Å². The van der Waals surface area contributed by atoms with Crippen LogP contribution in [0.4, 0.5) is 0 Å². The van der Waals surface area contributed by atoms with Crippen LogP contribution in [-0.2, 0) is 13.8 Å². The van der Waals surface area contributed by atoms with Crippen LogP contribution in [0.5, 0.6) is 0 Å². The highest BCUT2D eigenvalue weighted by atomic mass is 31.2. The number of aliphatic imine (C=N–C) groups is 1. The van der Waals surface area contributed by atoms with Crippen LogP contribution < -0.4 is 0 Å². The van der Waals surface area contributed by atoms with Crippen LogP contribution >= 0.6 is 7.82 Å². The van der Waals surface area contributed by atoms with E-state index in [1.165, 1.54) is 0 Å². The number of aliphatic hydroxyl groups is 1. The second-order valence-electron chi connectivity index (χ2n) is 4.05. The Morgan fingerprint density at radius 2 is 2.33 bits per heavy atom. The van der Waals surface area contributed by atoms with Gasteiger partial charge in [0.1, 0.15) is 19.0 Å². The molecule has 0 aromatic rings. The molecule has 3 atom stereocenters. The van der Waals surface area contributed by atoms with E-state index in [4.69, 9.17) is 14.5 Å². The summed E-state index contributed by atoms with van der Waals surface area (Å²) < 4.78 is 20.4. The number of hydrogen-bond donors (Lipinski definition) is 3. The first kappa shape index (κ1) is 13.7. The van der Waals surface area contributed by atoms with Gasteiger partial charge in [0, 0.05) is 18.8 Å². The highest BCUT2D eigenvalue weighted by molar-refractivity contribution is 7.46. The number of phosphoric acid groups is 1. The van der Waals surface area contributed by atoms with Crippen LogP contribution in [0.1, 0.15) is 6.42 Å². The Balaban J connectivity index is 1.86. The van der Waals surface area contributed by atoms with Gasteiger partial charge < -0.3 is 24.5 Å². The molecule has 0 aromatic heterocycles. The molecule has 0 aromatic carbocycles. The molecule has 2 aliphatic heterocycles. The summed E-state index contributed by atoms with van der Waals surface area (Å²) in [6.07, 6.45) is 3.61. The minimum absolute atomic E-state index is 0.342. The molecule has 0 saturated carbocycles. The minimum Gasteiger partial charge on any atom is -0.390 e. The predicted molar refractivity (Wildman–Crippen MR) is 61.6 cm³/mol. The van der Waals surface area contributed by atoms with Crippen molar-refractivity contribution in [3.63, 3.8) is 0 Å². The van der Waals surface area contributed by atoms with E-state index in [1.807, 2.05) is 0 Å². The molecular weight excluding hydrogens is 263 g/mol. The van der Waals surface area contributed by atoms with Crippen LogP contribution in [0.15, 0.2) is 17.3 Å². The molecule has 3 unspecified atom stereocenters. The Hall–Kier alpha value is -0.760. The van der Waals surface area contributed by atoms with E-state index in [1.54, 1.807) is 23.4 Å². The lowest BCUT2D eigenvalue weighted by Gasteiger charge is -2.26. The third kappa shape index (κ3) is 3.61. The SMILES string of the molecule is O=P(O)(O)OCC1OC(N2C=CC=NC2)CC1O. The summed E-state index contributed by atoms with van der Waals surface area (Å²) in [5, 5.41) is 9.74. The molecule has 0 spiro atoms. The predicted octanol–water partition coefficient (Wildman–Crippen LogP) is -0.571. The average Bonchev–Trinajstić information content (AvgIpc) is 2.68. The van der Waals surface area contributed by atoms with E-state index in [9.17, 15) is 9.67 Å². The van der Waals surface area contributed by atoms with E-state index in [0.717, 1.165) is 0 Å². The third-order valence-electron chi connectivity index (χ3n) is 2.70. The summed E-state index contributed by atoms with van der Waals surface area (Å²) in [6.45, 7) is 0.0860. The van der Waals surface area contributed by atoms with Crippen molar-refractivity contribution < 1.29 is 28.7 Å². The van der Waals surface area contributed by atoms with Crippen LogP contribution in [0.2, 0.25) is 0 Å². The van der Waals surface area contributed by atoms with E-state index in [-0.39, 0.29) is 12.8 Å². The molecule has 1 fully saturated rings. The first-order chi connectivity index (χ1) is 8.46. The smallest absolute Gasteiger partial charge is 0.390 e. The maximum absolute atomic E-state index is 10.6. The van der Waals surface area contributed by atoms with E-state index in [2.05, 4.69) is 9.52 Å². The largest absolute Gasteiger partial charge is 0.469 e. The van der Waals surface area contributed by atoms with E-state index >= 15 is 0 Å². The van der Waals surface area contributed by atoms with Gasteiger partial charge >= 0.3 is 7.82 Å². The Labute approximate surface area is 104 Å². The lowest BCUT2D eigenvalue weighted by Crippen LogP contribution is -2.32. The lowest BCUT2D eigenvalue weighted by molar-refractivity contribution is -0.0627. The second-order valence-corrected chi connectivity index (χ2v) is 5.29. The standard InChI is InChI=1S/C9H15N2O6P/c12-7-4-9(11-3-1-2-10-6-11)17-8(7)5-16-18(13,14)15/h1-3,7-9,12H,4-6H2,(H2,13,14,15). The zero-order valence-electron chi connectivity index (χ0n) is 9.49. The van der Waals surface area contributed by atoms with Crippen molar-refractivity contribution >= 4 is 14.0 Å². The molecule has 0 amide bonds. The number of aliphatic hydroxyl groups excluding tert-OH is 1. The van der Waals surface area contributed by atoms with Gasteiger partial charge in [0.2, 0.25) is 0 Å². The molecule has 2 aliphatic rings. The maximum atomic E-state index is 10.6. The first-order valence-electron chi connectivity index (χ1n) is 5.42. The molecule has 1 saturated heterocycles. The topological polar surface area (TPSA) is 112 Å². The van der Waals surface area contributed by atoms with Gasteiger partial charge in [-0.3, -0.25) is 9.52 Å². The fraction of sp³-hybridized carbons (Fsp3) is 0.667. The first-order valence-corrected chi connectivity index (χ1v) is 6.95. The zero-order chi connectivity index (χ0) is 13.2. The van der Waals surface area contributed by atoms with Gasteiger partial charge in [0.05, 0.1) is 12.7 Å². The highest BCUT2D eigenvalue weighted by Gasteiger charge is 2.37. The fourth-order valence-electron chi connectivity index (χ4n) is 1.83. The number of hydrogen-bond acceptors (Lipinski definition) is 6. The Morgan fingerprint density at radius 1 is 1.56 bits per heavy atom. The van der Waals surface area contributed by atoms with E-state index in [0.29, 0.717) is 13.1 Å². The summed E-state index contributed by atoms with van der Waals surface area (Å²) in [7, 11) is -4.54. The molecule has 3 N–H and O–H groups in total. The van der Waals surface area contributed by atoms with Crippen LogP contribution in [0, 0.1) is 0 Å². The van der Waals surface area contributed by atoms with Crippen molar-refractivity contribution in [1.82, 2.24) is 4.90 Å². The summed E-state index contributed by atoms with van der Waals surface area (Å²) in [5.74, 6) is 0. The summed E-state index contributed by atoms with van der Waals surface area (Å²) in [4.78, 5) is 23.0. The number of ether oxygens (including phenoxy) is 1. The van der Waals surface area contributed by atoms with Gasteiger partial charge in [-0.2, -0.15) is 0 Å². The molecule has 8 nitrogen and oxygen atoms in total. The molecule has 0 bridgehead atoms. The Morgan fingerprint density at radius 3 is 2.94 bits per heavy atom. The zero-order valence-corrected chi connectivity index (χ0v) is 10.4. The van der Waals surface area contributed by atoms with Crippen molar-refractivity contribution in [2.75, 3.05) is 13.3 Å². The van der Waals surface area contributed by atoms with Crippen molar-refractivity contribution in [3.05, 3.63) is 12.3 Å². The van der Waals surface area contributed by atoms with Crippen molar-refractivity contribution in [2.45, 2.75) is 24.9 Å². The molecular formula is C9H15N2O6P. The van der Waals surface area contributed by atoms with Crippen LogP contribution in [0.25, 0.3) is 0 Å². The van der Waals surface area contributed by atoms with Crippen molar-refractivity contribution in [2.24, 2.45) is 4.99 Å². The molecule has 0 aliphatic carbocycles. The number of allylic oxidation sites excluding steroid dienone is 1. The summed E-state index contributed by atoms with van der Waals surface area (Å²) in [5.41, 5.74) is 0. The normalized spacial score (nSPS) is 32.2. The molecule has 2 rings (SSSR count). The molecule has 0 radical (unpaired) electrons. The average molecular weight is 278 g/mol. The molecule has 18 heavy (non-hydrogen) atoms. The molecule has 2 heterocycles. The van der Waals surface area contributed by atoms with Gasteiger partial charge in [-0.25, -0.2) is 4.57 Å². The monoisotopic (exact) mass is 278 g/mol. The van der Waals surface area contributed by atoms with Gasteiger partial charge in [-0.1, -0.05) is 0 Å². The van der Waals surface area contributed by atoms with Gasteiger partial charge in [-0.15, -0.1) is 0 Å².